The first-order chi connectivity index (χ1) is 11.5. The Morgan fingerprint density at radius 1 is 1.38 bits per heavy atom. The monoisotopic (exact) mass is 348 g/mol. The maximum Gasteiger partial charge on any atom is 0.315 e. The van der Waals surface area contributed by atoms with E-state index in [2.05, 4.69) is 9.97 Å². The lowest BCUT2D eigenvalue weighted by atomic mass is 10.1. The van der Waals surface area contributed by atoms with E-state index in [0.717, 1.165) is 0 Å². The number of hydrogen-bond donors (Lipinski definition) is 1. The van der Waals surface area contributed by atoms with Crippen LogP contribution < -0.4 is 15.0 Å². The maximum atomic E-state index is 12.0. The number of thioether (sulfide) groups is 1. The minimum absolute atomic E-state index is 0.0367. The van der Waals surface area contributed by atoms with Crippen LogP contribution in [-0.4, -0.2) is 35.4 Å². The van der Waals surface area contributed by atoms with Crippen LogP contribution in [0.3, 0.4) is 0 Å². The predicted molar refractivity (Wildman–Crippen MR) is 86.5 cm³/mol. The molecule has 0 radical (unpaired) electrons. The van der Waals surface area contributed by atoms with Crippen molar-refractivity contribution in [1.82, 2.24) is 9.97 Å². The number of benzene rings is 1. The van der Waals surface area contributed by atoms with Crippen molar-refractivity contribution in [3.05, 3.63) is 38.2 Å². The van der Waals surface area contributed by atoms with E-state index in [-0.39, 0.29) is 39.2 Å². The van der Waals surface area contributed by atoms with Gasteiger partial charge in [0, 0.05) is 11.6 Å². The van der Waals surface area contributed by atoms with Crippen LogP contribution >= 0.6 is 11.8 Å². The summed E-state index contributed by atoms with van der Waals surface area (Å²) in [5, 5.41) is 20.8. The molecule has 0 aliphatic rings. The number of nitrogens with zero attached hydrogens (tertiary/aromatic N) is 3. The number of nitrogens with one attached hydrogen (secondary N) is 1. The van der Waals surface area contributed by atoms with Gasteiger partial charge in [0.05, 0.1) is 24.8 Å². The zero-order valence-electron chi connectivity index (χ0n) is 12.9. The predicted octanol–water partition coefficient (Wildman–Crippen LogP) is 1.96. The molecule has 0 unspecified atom stereocenters. The van der Waals surface area contributed by atoms with Crippen LogP contribution in [0.25, 0.3) is 11.3 Å². The lowest BCUT2D eigenvalue weighted by Gasteiger charge is -2.11. The van der Waals surface area contributed by atoms with Crippen LogP contribution in [0.4, 0.5) is 5.69 Å². The quantitative estimate of drug-likeness (QED) is 0.375. The molecule has 1 heterocycles. The Labute approximate surface area is 140 Å². The Morgan fingerprint density at radius 3 is 2.58 bits per heavy atom. The van der Waals surface area contributed by atoms with Gasteiger partial charge in [0.2, 0.25) is 5.75 Å². The third-order valence-electron chi connectivity index (χ3n) is 3.13. The van der Waals surface area contributed by atoms with Crippen LogP contribution in [0, 0.1) is 21.4 Å². The SMILES string of the molecule is COc1cc(-c2nc(SC)[nH]c(=O)c2C#N)cc([N+](=O)[O-])c1OC. The molecule has 10 heteroatoms. The van der Waals surface area contributed by atoms with E-state index in [1.165, 1.54) is 38.1 Å². The lowest BCUT2D eigenvalue weighted by molar-refractivity contribution is -0.385. The molecule has 0 saturated carbocycles. The van der Waals surface area contributed by atoms with E-state index in [4.69, 9.17) is 9.47 Å². The zero-order chi connectivity index (χ0) is 17.9. The highest BCUT2D eigenvalue weighted by Gasteiger charge is 2.24. The molecule has 1 N–H and O–H groups in total. The van der Waals surface area contributed by atoms with Crippen molar-refractivity contribution in [3.63, 3.8) is 0 Å². The van der Waals surface area contributed by atoms with Gasteiger partial charge in [-0.1, -0.05) is 11.8 Å². The van der Waals surface area contributed by atoms with Crippen LogP contribution in [0.5, 0.6) is 11.5 Å². The van der Waals surface area contributed by atoms with E-state index in [0.29, 0.717) is 0 Å². The molecule has 0 fully saturated rings. The molecule has 0 saturated heterocycles. The Kier molecular flexibility index (Phi) is 5.05. The zero-order valence-corrected chi connectivity index (χ0v) is 13.8. The van der Waals surface area contributed by atoms with Crippen molar-refractivity contribution in [2.45, 2.75) is 5.16 Å². The number of hydrogen-bond acceptors (Lipinski definition) is 8. The number of methoxy groups -OCH3 is 2. The summed E-state index contributed by atoms with van der Waals surface area (Å²) in [7, 11) is 2.61. The molecule has 2 aromatic rings. The second kappa shape index (κ2) is 7.01. The fourth-order valence-electron chi connectivity index (χ4n) is 2.08. The van der Waals surface area contributed by atoms with Crippen LogP contribution in [0.1, 0.15) is 5.56 Å². The highest BCUT2D eigenvalue weighted by atomic mass is 32.2. The number of nitro benzene ring substituents is 1. The Balaban J connectivity index is 2.85. The molecule has 0 spiro atoms. The minimum atomic E-state index is -0.639. The summed E-state index contributed by atoms with van der Waals surface area (Å²) in [6, 6.07) is 4.39. The summed E-state index contributed by atoms with van der Waals surface area (Å²) in [6.45, 7) is 0. The molecule has 0 aliphatic carbocycles. The van der Waals surface area contributed by atoms with Crippen molar-refractivity contribution in [1.29, 1.82) is 5.26 Å². The van der Waals surface area contributed by atoms with Gasteiger partial charge in [0.25, 0.3) is 5.56 Å². The molecule has 0 atom stereocenters. The van der Waals surface area contributed by atoms with Gasteiger partial charge in [0.15, 0.2) is 10.9 Å². The number of rotatable bonds is 5. The fourth-order valence-corrected chi connectivity index (χ4v) is 2.46. The highest BCUT2D eigenvalue weighted by molar-refractivity contribution is 7.98. The fraction of sp³-hybridized carbons (Fsp3) is 0.214. The van der Waals surface area contributed by atoms with Gasteiger partial charge < -0.3 is 14.5 Å². The molecular weight excluding hydrogens is 336 g/mol. The first-order valence-electron chi connectivity index (χ1n) is 6.46. The Morgan fingerprint density at radius 2 is 2.08 bits per heavy atom. The summed E-state index contributed by atoms with van der Waals surface area (Å²) in [6.07, 6.45) is 1.70. The van der Waals surface area contributed by atoms with Crippen LogP contribution in [0.15, 0.2) is 22.1 Å². The molecule has 0 bridgehead atoms. The molecule has 2 rings (SSSR count). The Bertz CT molecular complexity index is 903. The van der Waals surface area contributed by atoms with Gasteiger partial charge in [-0.2, -0.15) is 5.26 Å². The second-order valence-corrected chi connectivity index (χ2v) is 5.19. The first kappa shape index (κ1) is 17.3. The third kappa shape index (κ3) is 3.02. The largest absolute Gasteiger partial charge is 0.493 e. The number of nitriles is 1. The normalized spacial score (nSPS) is 10.1. The van der Waals surface area contributed by atoms with Gasteiger partial charge in [0.1, 0.15) is 11.6 Å². The van der Waals surface area contributed by atoms with Crippen LogP contribution in [0.2, 0.25) is 0 Å². The highest BCUT2D eigenvalue weighted by Crippen LogP contribution is 2.40. The molecule has 1 aromatic heterocycles. The van der Waals surface area contributed by atoms with Gasteiger partial charge in [-0.25, -0.2) is 4.98 Å². The minimum Gasteiger partial charge on any atom is -0.493 e. The van der Waals surface area contributed by atoms with E-state index >= 15 is 0 Å². The van der Waals surface area contributed by atoms with Gasteiger partial charge in [-0.05, 0) is 12.3 Å². The summed E-state index contributed by atoms with van der Waals surface area (Å²) >= 11 is 1.17. The van der Waals surface area contributed by atoms with Crippen LogP contribution in [-0.2, 0) is 0 Å². The lowest BCUT2D eigenvalue weighted by Crippen LogP contribution is -2.14. The number of aromatic nitrogens is 2. The number of nitro groups is 1. The van der Waals surface area contributed by atoms with E-state index in [1.807, 2.05) is 0 Å². The smallest absolute Gasteiger partial charge is 0.315 e. The van der Waals surface area contributed by atoms with Crippen molar-refractivity contribution in [2.24, 2.45) is 0 Å². The average Bonchev–Trinajstić information content (AvgIpc) is 2.59. The Hall–Kier alpha value is -3.06. The average molecular weight is 348 g/mol. The number of aromatic amines is 1. The number of ether oxygens (including phenoxy) is 2. The molecule has 0 amide bonds. The molecular formula is C14H12N4O5S. The van der Waals surface area contributed by atoms with Gasteiger partial charge >= 0.3 is 5.69 Å². The summed E-state index contributed by atoms with van der Waals surface area (Å²) < 4.78 is 10.1. The standard InChI is InChI=1S/C14H12N4O5S/c1-22-10-5-7(4-9(18(20)21)12(10)23-2)11-8(6-15)13(19)17-14(16-11)24-3/h4-5H,1-3H3,(H,16,17,19). The van der Waals surface area contributed by atoms with E-state index in [9.17, 15) is 20.2 Å². The van der Waals surface area contributed by atoms with Gasteiger partial charge in [-0.15, -0.1) is 0 Å². The van der Waals surface area contributed by atoms with Crippen molar-refractivity contribution in [3.8, 4) is 28.8 Å². The van der Waals surface area contributed by atoms with Crippen molar-refractivity contribution < 1.29 is 14.4 Å². The van der Waals surface area contributed by atoms with E-state index in [1.54, 1.807) is 12.3 Å². The van der Waals surface area contributed by atoms with Crippen molar-refractivity contribution in [2.75, 3.05) is 20.5 Å². The first-order valence-corrected chi connectivity index (χ1v) is 7.68. The molecule has 124 valence electrons. The van der Waals surface area contributed by atoms with E-state index < -0.39 is 10.5 Å². The maximum absolute atomic E-state index is 12.0. The van der Waals surface area contributed by atoms with Gasteiger partial charge in [-0.3, -0.25) is 14.9 Å². The summed E-state index contributed by atoms with van der Waals surface area (Å²) in [5.41, 5.74) is -0.978. The topological polar surface area (TPSA) is 131 Å². The summed E-state index contributed by atoms with van der Waals surface area (Å²) in [5.74, 6) is 0.0399. The third-order valence-corrected chi connectivity index (χ3v) is 3.71. The molecule has 0 aliphatic heterocycles. The summed E-state index contributed by atoms with van der Waals surface area (Å²) in [4.78, 5) is 29.3. The number of H-pyrrole nitrogens is 1. The second-order valence-electron chi connectivity index (χ2n) is 4.40. The van der Waals surface area contributed by atoms with Crippen molar-refractivity contribution >= 4 is 17.4 Å². The molecule has 1 aromatic carbocycles. The molecule has 24 heavy (non-hydrogen) atoms. The molecule has 9 nitrogen and oxygen atoms in total.